The van der Waals surface area contributed by atoms with Crippen molar-refractivity contribution in [1.29, 1.82) is 0 Å². The molecule has 2 aromatic rings. The van der Waals surface area contributed by atoms with Crippen molar-refractivity contribution in [2.24, 2.45) is 0 Å². The van der Waals surface area contributed by atoms with E-state index in [0.29, 0.717) is 17.9 Å². The number of nitrogens with one attached hydrogen (secondary N) is 1. The average Bonchev–Trinajstić information content (AvgIpc) is 2.97. The maximum absolute atomic E-state index is 13.6. The molecule has 30 heavy (non-hydrogen) atoms. The van der Waals surface area contributed by atoms with Crippen LogP contribution in [0.2, 0.25) is 0 Å². The summed E-state index contributed by atoms with van der Waals surface area (Å²) in [5.74, 6) is -2.49. The number of amides is 2. The van der Waals surface area contributed by atoms with Crippen LogP contribution in [0.4, 0.5) is 14.5 Å². The summed E-state index contributed by atoms with van der Waals surface area (Å²) in [6.45, 7) is 2.80. The summed E-state index contributed by atoms with van der Waals surface area (Å²) in [5, 5.41) is 2.78. The molecule has 0 saturated carbocycles. The number of methoxy groups -OCH3 is 1. The maximum Gasteiger partial charge on any atom is 0.278 e. The summed E-state index contributed by atoms with van der Waals surface area (Å²) < 4.78 is 37.4. The molecule has 1 N–H and O–H groups in total. The van der Waals surface area contributed by atoms with Crippen LogP contribution in [0.25, 0.3) is 5.57 Å². The third-order valence-electron chi connectivity index (χ3n) is 4.49. The zero-order valence-corrected chi connectivity index (χ0v) is 16.7. The highest BCUT2D eigenvalue weighted by Crippen LogP contribution is 2.31. The molecule has 0 spiro atoms. The number of benzene rings is 2. The minimum Gasteiger partial charge on any atom is -0.494 e. The van der Waals surface area contributed by atoms with Crippen LogP contribution in [0.3, 0.4) is 0 Å². The Bertz CT molecular complexity index is 974. The molecule has 6 nitrogen and oxygen atoms in total. The summed E-state index contributed by atoms with van der Waals surface area (Å²) >= 11 is 0. The smallest absolute Gasteiger partial charge is 0.278 e. The number of hydrogen-bond donors (Lipinski definition) is 1. The second-order valence-corrected chi connectivity index (χ2v) is 6.63. The molecule has 0 atom stereocenters. The summed E-state index contributed by atoms with van der Waals surface area (Å²) in [5.41, 5.74) is 0.786. The number of anilines is 1. The fourth-order valence-electron chi connectivity index (χ4n) is 3.00. The molecule has 1 aliphatic rings. The van der Waals surface area contributed by atoms with Gasteiger partial charge >= 0.3 is 0 Å². The van der Waals surface area contributed by atoms with E-state index in [1.54, 1.807) is 24.3 Å². The number of rotatable bonds is 9. The van der Waals surface area contributed by atoms with Gasteiger partial charge in [0.25, 0.3) is 11.8 Å². The maximum atomic E-state index is 13.6. The highest BCUT2D eigenvalue weighted by Gasteiger charge is 2.39. The molecule has 0 unspecified atom stereocenters. The minimum absolute atomic E-state index is 0.00987. The fourth-order valence-corrected chi connectivity index (χ4v) is 3.00. The Balaban J connectivity index is 1.98. The van der Waals surface area contributed by atoms with Crippen LogP contribution in [-0.4, -0.2) is 43.6 Å². The molecular weight excluding hydrogens is 394 g/mol. The second-order valence-electron chi connectivity index (χ2n) is 6.63. The summed E-state index contributed by atoms with van der Waals surface area (Å²) in [7, 11) is 1.47. The zero-order chi connectivity index (χ0) is 21.7. The summed E-state index contributed by atoms with van der Waals surface area (Å²) in [6.07, 6.45) is 0.858. The first kappa shape index (κ1) is 21.4. The van der Waals surface area contributed by atoms with Crippen LogP contribution in [0.5, 0.6) is 5.75 Å². The molecule has 0 aromatic heterocycles. The number of hydrogen-bond acceptors (Lipinski definition) is 5. The first-order chi connectivity index (χ1) is 14.5. The zero-order valence-electron chi connectivity index (χ0n) is 16.7. The van der Waals surface area contributed by atoms with Crippen molar-refractivity contribution in [1.82, 2.24) is 4.90 Å². The van der Waals surface area contributed by atoms with Crippen LogP contribution in [0, 0.1) is 11.6 Å². The predicted octanol–water partition coefficient (Wildman–Crippen LogP) is 3.59. The lowest BCUT2D eigenvalue weighted by molar-refractivity contribution is -0.137. The molecular formula is C22H22F2N2O4. The lowest BCUT2D eigenvalue weighted by Crippen LogP contribution is -2.35. The minimum atomic E-state index is -1.06. The van der Waals surface area contributed by atoms with Gasteiger partial charge in [-0.25, -0.2) is 8.78 Å². The van der Waals surface area contributed by atoms with Crippen molar-refractivity contribution in [3.8, 4) is 5.75 Å². The van der Waals surface area contributed by atoms with Crippen LogP contribution >= 0.6 is 0 Å². The van der Waals surface area contributed by atoms with Gasteiger partial charge in [0.2, 0.25) is 0 Å². The van der Waals surface area contributed by atoms with Crippen molar-refractivity contribution in [3.05, 3.63) is 65.4 Å². The fraction of sp³-hybridized carbons (Fsp3) is 0.273. The topological polar surface area (TPSA) is 67.9 Å². The lowest BCUT2D eigenvalue weighted by Gasteiger charge is -2.14. The Morgan fingerprint density at radius 2 is 1.70 bits per heavy atom. The number of carbonyl (C=O) groups is 2. The van der Waals surface area contributed by atoms with Gasteiger partial charge in [-0.2, -0.15) is 0 Å². The first-order valence-corrected chi connectivity index (χ1v) is 9.51. The molecule has 2 aromatic carbocycles. The average molecular weight is 416 g/mol. The van der Waals surface area contributed by atoms with Crippen molar-refractivity contribution < 1.29 is 27.8 Å². The van der Waals surface area contributed by atoms with E-state index in [1.165, 1.54) is 13.2 Å². The van der Waals surface area contributed by atoms with E-state index in [9.17, 15) is 18.4 Å². The molecule has 0 radical (unpaired) electrons. The van der Waals surface area contributed by atoms with Crippen LogP contribution in [0.1, 0.15) is 18.9 Å². The predicted molar refractivity (Wildman–Crippen MR) is 108 cm³/mol. The summed E-state index contributed by atoms with van der Waals surface area (Å²) in [6, 6.07) is 9.95. The molecule has 158 valence electrons. The van der Waals surface area contributed by atoms with Crippen molar-refractivity contribution in [3.63, 3.8) is 0 Å². The van der Waals surface area contributed by atoms with Crippen molar-refractivity contribution >= 4 is 23.1 Å². The molecule has 0 fully saturated rings. The van der Waals surface area contributed by atoms with Gasteiger partial charge in [-0.15, -0.1) is 0 Å². The third kappa shape index (κ3) is 4.49. The Morgan fingerprint density at radius 1 is 0.967 bits per heavy atom. The van der Waals surface area contributed by atoms with Gasteiger partial charge in [-0.1, -0.05) is 19.1 Å². The van der Waals surface area contributed by atoms with E-state index < -0.39 is 23.4 Å². The number of nitrogens with zero attached hydrogens (tertiary/aromatic N) is 1. The second kappa shape index (κ2) is 9.49. The van der Waals surface area contributed by atoms with Gasteiger partial charge in [0.15, 0.2) is 11.6 Å². The highest BCUT2D eigenvalue weighted by atomic mass is 19.2. The Labute approximate surface area is 173 Å². The molecule has 0 aliphatic carbocycles. The van der Waals surface area contributed by atoms with E-state index in [-0.39, 0.29) is 30.1 Å². The van der Waals surface area contributed by atoms with Crippen molar-refractivity contribution in [2.45, 2.75) is 13.3 Å². The Hall–Kier alpha value is -3.26. The van der Waals surface area contributed by atoms with Crippen molar-refractivity contribution in [2.75, 3.05) is 32.2 Å². The number of ether oxygens (including phenoxy) is 2. The first-order valence-electron chi connectivity index (χ1n) is 9.51. The SMILES string of the molecule is CCCOc1ccc(C2=C(Nc3ccc(F)c(F)c3)C(=O)N(CCOC)C2=O)cc1. The monoisotopic (exact) mass is 416 g/mol. The molecule has 1 heterocycles. The molecule has 1 aliphatic heterocycles. The quantitative estimate of drug-likeness (QED) is 0.633. The number of imide groups is 1. The number of carbonyl (C=O) groups excluding carboxylic acids is 2. The van der Waals surface area contributed by atoms with Gasteiger partial charge in [0.05, 0.1) is 25.3 Å². The third-order valence-corrected chi connectivity index (χ3v) is 4.49. The van der Waals surface area contributed by atoms with Gasteiger partial charge < -0.3 is 14.8 Å². The standard InChI is InChI=1S/C22H22F2N2O4/c1-3-11-30-16-7-4-14(5-8-16)19-20(22(28)26(21(19)27)10-12-29-2)25-15-6-9-17(23)18(24)13-15/h4-9,13,25H,3,10-12H2,1-2H3. The highest BCUT2D eigenvalue weighted by molar-refractivity contribution is 6.36. The largest absolute Gasteiger partial charge is 0.494 e. The summed E-state index contributed by atoms with van der Waals surface area (Å²) in [4.78, 5) is 27.0. The molecule has 0 bridgehead atoms. The molecule has 2 amide bonds. The Morgan fingerprint density at radius 3 is 2.33 bits per heavy atom. The lowest BCUT2D eigenvalue weighted by atomic mass is 10.0. The van der Waals surface area contributed by atoms with Gasteiger partial charge in [-0.05, 0) is 36.2 Å². The Kier molecular flexibility index (Phi) is 6.79. The molecule has 0 saturated heterocycles. The van der Waals surface area contributed by atoms with E-state index in [2.05, 4.69) is 5.32 Å². The number of halogens is 2. The molecule has 8 heteroatoms. The van der Waals surface area contributed by atoms with E-state index >= 15 is 0 Å². The van der Waals surface area contributed by atoms with Gasteiger partial charge in [0.1, 0.15) is 11.4 Å². The van der Waals surface area contributed by atoms with E-state index in [1.807, 2.05) is 6.92 Å². The van der Waals surface area contributed by atoms with E-state index in [0.717, 1.165) is 23.5 Å². The van der Waals surface area contributed by atoms with Gasteiger partial charge in [0, 0.05) is 18.9 Å². The van der Waals surface area contributed by atoms with Crippen LogP contribution in [0.15, 0.2) is 48.2 Å². The molecule has 3 rings (SSSR count). The van der Waals surface area contributed by atoms with Gasteiger partial charge in [-0.3, -0.25) is 14.5 Å². The van der Waals surface area contributed by atoms with E-state index in [4.69, 9.17) is 9.47 Å². The van der Waals surface area contributed by atoms with Crippen LogP contribution < -0.4 is 10.1 Å². The van der Waals surface area contributed by atoms with Crippen LogP contribution in [-0.2, 0) is 14.3 Å². The normalized spacial score (nSPS) is 13.9.